The van der Waals surface area contributed by atoms with Gasteiger partial charge in [0.05, 0.1) is 11.5 Å². The minimum Gasteiger partial charge on any atom is -0.504 e. The molecule has 2 aromatic carbocycles. The van der Waals surface area contributed by atoms with E-state index in [1.165, 1.54) is 16.7 Å². The molecule has 2 aliphatic heterocycles. The SMILES string of the molecule is Cc1cccc(/C=C/C(=O)N(C)C2CC[C@@]3(N(C)C)[C@H]4Cc5ccc(O)c6c5[C@@]3(CCN4C)C2O6)c1. The van der Waals surface area contributed by atoms with Crippen LogP contribution in [0.15, 0.2) is 42.5 Å². The van der Waals surface area contributed by atoms with Crippen LogP contribution in [0.1, 0.15) is 41.5 Å². The molecular weight excluding hydrogens is 450 g/mol. The summed E-state index contributed by atoms with van der Waals surface area (Å²) in [7, 11) is 8.57. The van der Waals surface area contributed by atoms with E-state index in [1.807, 2.05) is 30.2 Å². The van der Waals surface area contributed by atoms with Gasteiger partial charge < -0.3 is 24.5 Å². The van der Waals surface area contributed by atoms with E-state index in [4.69, 9.17) is 4.74 Å². The zero-order valence-electron chi connectivity index (χ0n) is 22.0. The normalized spacial score (nSPS) is 32.4. The summed E-state index contributed by atoms with van der Waals surface area (Å²) in [5.41, 5.74) is 4.29. The van der Waals surface area contributed by atoms with Gasteiger partial charge in [-0.05, 0) is 83.6 Å². The summed E-state index contributed by atoms with van der Waals surface area (Å²) in [4.78, 5) is 20.3. The second-order valence-corrected chi connectivity index (χ2v) is 11.5. The smallest absolute Gasteiger partial charge is 0.246 e. The van der Waals surface area contributed by atoms with Gasteiger partial charge in [0.25, 0.3) is 0 Å². The highest BCUT2D eigenvalue weighted by molar-refractivity contribution is 5.92. The molecule has 2 heterocycles. The summed E-state index contributed by atoms with van der Waals surface area (Å²) in [6.07, 6.45) is 7.12. The molecule has 0 aromatic heterocycles. The number of likely N-dealkylation sites (tertiary alicyclic amines) is 1. The van der Waals surface area contributed by atoms with Gasteiger partial charge in [0.15, 0.2) is 11.5 Å². The van der Waals surface area contributed by atoms with E-state index in [2.05, 4.69) is 56.1 Å². The number of piperidine rings is 1. The van der Waals surface area contributed by atoms with E-state index in [0.29, 0.717) is 11.8 Å². The largest absolute Gasteiger partial charge is 0.504 e. The topological polar surface area (TPSA) is 56.2 Å². The van der Waals surface area contributed by atoms with Crippen LogP contribution < -0.4 is 4.74 Å². The number of hydrogen-bond donors (Lipinski definition) is 1. The first-order chi connectivity index (χ1) is 17.2. The fourth-order valence-electron chi connectivity index (χ4n) is 8.27. The average molecular weight is 488 g/mol. The molecule has 1 N–H and O–H groups in total. The molecule has 1 saturated heterocycles. The highest BCUT2D eigenvalue weighted by Crippen LogP contribution is 2.66. The van der Waals surface area contributed by atoms with E-state index in [1.54, 1.807) is 12.1 Å². The number of carbonyl (C=O) groups excluding carboxylic acids is 1. The van der Waals surface area contributed by atoms with Gasteiger partial charge in [-0.15, -0.1) is 0 Å². The molecule has 6 rings (SSSR count). The summed E-state index contributed by atoms with van der Waals surface area (Å²) in [6, 6.07) is 12.3. The highest BCUT2D eigenvalue weighted by atomic mass is 16.5. The standard InChI is InChI=1S/C30H37N3O3/c1-19-7-6-8-20(17-19)9-12-25(35)33(5)22-13-14-30(31(2)3)24-18-21-10-11-23(34)27-26(21)29(30,28(22)36-27)15-16-32(24)4/h6-12,17,22,24,28,34H,13-16,18H2,1-5H3/b12-9+/t22?,24-,28?,29+,30-/m1/s1. The van der Waals surface area contributed by atoms with E-state index >= 15 is 0 Å². The number of likely N-dealkylation sites (N-methyl/N-ethyl adjacent to an activating group) is 3. The number of rotatable bonds is 4. The number of ether oxygens (including phenoxy) is 1. The second kappa shape index (κ2) is 8.09. The summed E-state index contributed by atoms with van der Waals surface area (Å²) in [6.45, 7) is 3.04. The predicted octanol–water partition coefficient (Wildman–Crippen LogP) is 3.59. The van der Waals surface area contributed by atoms with Crippen molar-refractivity contribution in [2.75, 3.05) is 34.7 Å². The molecule has 190 valence electrons. The number of amides is 1. The van der Waals surface area contributed by atoms with Crippen molar-refractivity contribution >= 4 is 12.0 Å². The average Bonchev–Trinajstić information content (AvgIpc) is 3.21. The van der Waals surface area contributed by atoms with Crippen LogP contribution in [0.25, 0.3) is 6.08 Å². The lowest BCUT2D eigenvalue weighted by atomic mass is 9.46. The maximum atomic E-state index is 13.4. The van der Waals surface area contributed by atoms with Crippen molar-refractivity contribution in [2.45, 2.75) is 61.7 Å². The minimum atomic E-state index is -0.271. The van der Waals surface area contributed by atoms with Crippen molar-refractivity contribution in [1.82, 2.24) is 14.7 Å². The van der Waals surface area contributed by atoms with Crippen LogP contribution in [0.3, 0.4) is 0 Å². The van der Waals surface area contributed by atoms with E-state index < -0.39 is 0 Å². The lowest BCUT2D eigenvalue weighted by molar-refractivity contribution is -0.157. The first kappa shape index (κ1) is 23.6. The van der Waals surface area contributed by atoms with Gasteiger partial charge >= 0.3 is 0 Å². The predicted molar refractivity (Wildman–Crippen MR) is 141 cm³/mol. The number of aromatic hydroxyl groups is 1. The Morgan fingerprint density at radius 3 is 2.75 bits per heavy atom. The Hall–Kier alpha value is -2.83. The zero-order chi connectivity index (χ0) is 25.4. The summed E-state index contributed by atoms with van der Waals surface area (Å²) >= 11 is 0. The van der Waals surface area contributed by atoms with Gasteiger partial charge in [0.1, 0.15) is 6.10 Å². The van der Waals surface area contributed by atoms with E-state index in [-0.39, 0.29) is 34.8 Å². The first-order valence-electron chi connectivity index (χ1n) is 13.1. The number of aryl methyl sites for hydroxylation is 1. The lowest BCUT2D eigenvalue weighted by Crippen LogP contribution is -2.81. The molecule has 5 atom stereocenters. The number of phenols is 1. The number of hydrogen-bond acceptors (Lipinski definition) is 5. The zero-order valence-corrected chi connectivity index (χ0v) is 22.0. The molecular formula is C30H37N3O3. The maximum Gasteiger partial charge on any atom is 0.246 e. The van der Waals surface area contributed by atoms with Gasteiger partial charge in [-0.2, -0.15) is 0 Å². The Labute approximate surface area is 214 Å². The summed E-state index contributed by atoms with van der Waals surface area (Å²) in [5.74, 6) is 0.851. The Morgan fingerprint density at radius 2 is 2.00 bits per heavy atom. The number of phenolic OH excluding ortho intramolecular Hbond substituents is 1. The van der Waals surface area contributed by atoms with Gasteiger partial charge in [-0.25, -0.2) is 0 Å². The van der Waals surface area contributed by atoms with Crippen LogP contribution in [-0.2, 0) is 16.6 Å². The Morgan fingerprint density at radius 1 is 1.19 bits per heavy atom. The molecule has 2 bridgehead atoms. The molecule has 1 amide bonds. The Balaban J connectivity index is 1.42. The van der Waals surface area contributed by atoms with Crippen molar-refractivity contribution < 1.29 is 14.6 Å². The van der Waals surface area contributed by atoms with Gasteiger partial charge in [-0.1, -0.05) is 35.9 Å². The molecule has 2 fully saturated rings. The lowest BCUT2D eigenvalue weighted by Gasteiger charge is -2.68. The van der Waals surface area contributed by atoms with Crippen molar-refractivity contribution in [1.29, 1.82) is 0 Å². The van der Waals surface area contributed by atoms with Crippen LogP contribution in [0.2, 0.25) is 0 Å². The third-order valence-corrected chi connectivity index (χ3v) is 9.80. The molecule has 36 heavy (non-hydrogen) atoms. The molecule has 1 saturated carbocycles. The van der Waals surface area contributed by atoms with Crippen LogP contribution in [-0.4, -0.2) is 84.2 Å². The van der Waals surface area contributed by atoms with Gasteiger partial charge in [0, 0.05) is 30.3 Å². The monoisotopic (exact) mass is 487 g/mol. The van der Waals surface area contributed by atoms with Crippen molar-refractivity contribution in [3.63, 3.8) is 0 Å². The Kier molecular flexibility index (Phi) is 5.29. The van der Waals surface area contributed by atoms with Crippen LogP contribution in [0, 0.1) is 6.92 Å². The molecule has 6 heteroatoms. The minimum absolute atomic E-state index is 0.0143. The molecule has 2 unspecified atom stereocenters. The molecule has 2 aliphatic carbocycles. The highest BCUT2D eigenvalue weighted by Gasteiger charge is 2.74. The third kappa shape index (κ3) is 2.94. The molecule has 6 nitrogen and oxygen atoms in total. The fourth-order valence-corrected chi connectivity index (χ4v) is 8.27. The number of carbonyl (C=O) groups is 1. The first-order valence-corrected chi connectivity index (χ1v) is 13.1. The maximum absolute atomic E-state index is 13.4. The van der Waals surface area contributed by atoms with Crippen molar-refractivity contribution in [3.05, 3.63) is 64.7 Å². The van der Waals surface area contributed by atoms with Gasteiger partial charge in [0.2, 0.25) is 5.91 Å². The number of benzene rings is 2. The molecule has 2 aromatic rings. The molecule has 4 aliphatic rings. The van der Waals surface area contributed by atoms with E-state index in [9.17, 15) is 9.90 Å². The van der Waals surface area contributed by atoms with Gasteiger partial charge in [-0.3, -0.25) is 4.79 Å². The van der Waals surface area contributed by atoms with Crippen LogP contribution in [0.5, 0.6) is 11.5 Å². The van der Waals surface area contributed by atoms with Crippen molar-refractivity contribution in [2.24, 2.45) is 0 Å². The third-order valence-electron chi connectivity index (χ3n) is 9.80. The fraction of sp³-hybridized carbons (Fsp3) is 0.500. The van der Waals surface area contributed by atoms with E-state index in [0.717, 1.165) is 37.8 Å². The summed E-state index contributed by atoms with van der Waals surface area (Å²) in [5, 5.41) is 10.9. The number of nitrogens with zero attached hydrogens (tertiary/aromatic N) is 3. The van der Waals surface area contributed by atoms with Crippen molar-refractivity contribution in [3.8, 4) is 11.5 Å². The van der Waals surface area contributed by atoms with Crippen LogP contribution in [0.4, 0.5) is 0 Å². The Bertz CT molecular complexity index is 1260. The molecule has 0 radical (unpaired) electrons. The molecule has 1 spiro atoms. The van der Waals surface area contributed by atoms with Crippen LogP contribution >= 0.6 is 0 Å². The quantitative estimate of drug-likeness (QED) is 0.668. The second-order valence-electron chi connectivity index (χ2n) is 11.5. The summed E-state index contributed by atoms with van der Waals surface area (Å²) < 4.78 is 6.77.